The van der Waals surface area contributed by atoms with Crippen LogP contribution in [0.2, 0.25) is 0 Å². The first-order chi connectivity index (χ1) is 4.43. The molecular formula is C4H4F3NO2. The van der Waals surface area contributed by atoms with Crippen molar-refractivity contribution in [1.29, 1.82) is 0 Å². The third kappa shape index (κ3) is 0.942. The van der Waals surface area contributed by atoms with E-state index < -0.39 is 24.2 Å². The number of aliphatic hydroxyl groups excluding tert-OH is 1. The molecular weight excluding hydrogens is 151 g/mol. The van der Waals surface area contributed by atoms with Crippen LogP contribution < -0.4 is 5.32 Å². The number of halogens is 3. The number of amides is 1. The van der Waals surface area contributed by atoms with Crippen LogP contribution in [0.3, 0.4) is 0 Å². The number of hydrogen-bond acceptors (Lipinski definition) is 2. The van der Waals surface area contributed by atoms with Gasteiger partial charge in [0.05, 0.1) is 0 Å². The maximum absolute atomic E-state index is 11.5. The van der Waals surface area contributed by atoms with E-state index in [2.05, 4.69) is 0 Å². The molecule has 10 heavy (non-hydrogen) atoms. The third-order valence-corrected chi connectivity index (χ3v) is 1.23. The SMILES string of the molecule is O=C1N[C@@H](C(F)(F)F)[C@H]1O. The highest BCUT2D eigenvalue weighted by atomic mass is 19.4. The first kappa shape index (κ1) is 7.33. The Bertz CT molecular complexity index is 166. The van der Waals surface area contributed by atoms with Gasteiger partial charge in [-0.15, -0.1) is 0 Å². The predicted molar refractivity (Wildman–Crippen MR) is 24.0 cm³/mol. The molecule has 1 amide bonds. The number of hydrogen-bond donors (Lipinski definition) is 2. The van der Waals surface area contributed by atoms with Crippen LogP contribution >= 0.6 is 0 Å². The summed E-state index contributed by atoms with van der Waals surface area (Å²) in [6.07, 6.45) is -6.45. The molecule has 2 N–H and O–H groups in total. The topological polar surface area (TPSA) is 49.3 Å². The molecule has 6 heteroatoms. The molecule has 58 valence electrons. The van der Waals surface area contributed by atoms with Crippen molar-refractivity contribution in [1.82, 2.24) is 5.32 Å². The van der Waals surface area contributed by atoms with Crippen LogP contribution in [-0.2, 0) is 4.79 Å². The molecule has 1 aliphatic rings. The first-order valence-electron chi connectivity index (χ1n) is 2.48. The minimum Gasteiger partial charge on any atom is -0.381 e. The lowest BCUT2D eigenvalue weighted by Crippen LogP contribution is -2.68. The zero-order chi connectivity index (χ0) is 7.94. The lowest BCUT2D eigenvalue weighted by Gasteiger charge is -2.33. The average Bonchev–Trinajstić information content (AvgIpc) is 1.79. The Hall–Kier alpha value is -0.780. The van der Waals surface area contributed by atoms with Crippen LogP contribution in [0.25, 0.3) is 0 Å². The van der Waals surface area contributed by atoms with E-state index in [4.69, 9.17) is 5.11 Å². The summed E-state index contributed by atoms with van der Waals surface area (Å²) in [6, 6.07) is -2.07. The number of carbonyl (C=O) groups is 1. The molecule has 0 aliphatic carbocycles. The summed E-state index contributed by atoms with van der Waals surface area (Å²) >= 11 is 0. The highest BCUT2D eigenvalue weighted by molar-refractivity contribution is 5.88. The second kappa shape index (κ2) is 1.85. The smallest absolute Gasteiger partial charge is 0.381 e. The van der Waals surface area contributed by atoms with Gasteiger partial charge in [-0.05, 0) is 0 Å². The molecule has 3 nitrogen and oxygen atoms in total. The molecule has 0 bridgehead atoms. The van der Waals surface area contributed by atoms with Gasteiger partial charge in [0.2, 0.25) is 0 Å². The van der Waals surface area contributed by atoms with Gasteiger partial charge in [-0.1, -0.05) is 0 Å². The van der Waals surface area contributed by atoms with Crippen LogP contribution in [0.1, 0.15) is 0 Å². The minimum absolute atomic E-state index is 0.970. The van der Waals surface area contributed by atoms with Gasteiger partial charge >= 0.3 is 6.18 Å². The fourth-order valence-electron chi connectivity index (χ4n) is 0.634. The van der Waals surface area contributed by atoms with Crippen LogP contribution in [0.15, 0.2) is 0 Å². The lowest BCUT2D eigenvalue weighted by atomic mass is 10.0. The summed E-state index contributed by atoms with van der Waals surface area (Å²) in [4.78, 5) is 10.0. The number of β-lactam (4-membered cyclic amide) rings is 1. The summed E-state index contributed by atoms with van der Waals surface area (Å²) < 4.78 is 34.6. The summed E-state index contributed by atoms with van der Waals surface area (Å²) in [5.74, 6) is -0.970. The van der Waals surface area contributed by atoms with Crippen molar-refractivity contribution in [2.45, 2.75) is 18.3 Å². The van der Waals surface area contributed by atoms with Crippen molar-refractivity contribution >= 4 is 5.91 Å². The molecule has 1 saturated heterocycles. The van der Waals surface area contributed by atoms with Gasteiger partial charge in [0, 0.05) is 0 Å². The highest BCUT2D eigenvalue weighted by Gasteiger charge is 2.54. The molecule has 1 fully saturated rings. The van der Waals surface area contributed by atoms with Crippen molar-refractivity contribution < 1.29 is 23.1 Å². The van der Waals surface area contributed by atoms with E-state index in [0.717, 1.165) is 0 Å². The number of alkyl halides is 3. The molecule has 0 unspecified atom stereocenters. The van der Waals surface area contributed by atoms with E-state index >= 15 is 0 Å². The zero-order valence-electron chi connectivity index (χ0n) is 4.64. The van der Waals surface area contributed by atoms with Crippen molar-refractivity contribution in [3.8, 4) is 0 Å². The molecule has 0 aromatic rings. The maximum Gasteiger partial charge on any atom is 0.411 e. The van der Waals surface area contributed by atoms with E-state index in [1.165, 1.54) is 5.32 Å². The van der Waals surface area contributed by atoms with Crippen LogP contribution in [-0.4, -0.2) is 29.3 Å². The van der Waals surface area contributed by atoms with Gasteiger partial charge in [-0.3, -0.25) is 4.79 Å². The van der Waals surface area contributed by atoms with Gasteiger partial charge in [0.25, 0.3) is 5.91 Å². The lowest BCUT2D eigenvalue weighted by molar-refractivity contribution is -0.204. The largest absolute Gasteiger partial charge is 0.411 e. The molecule has 1 heterocycles. The molecule has 1 rings (SSSR count). The highest BCUT2D eigenvalue weighted by Crippen LogP contribution is 2.26. The second-order valence-electron chi connectivity index (χ2n) is 1.97. The molecule has 0 aromatic heterocycles. The van der Waals surface area contributed by atoms with Gasteiger partial charge < -0.3 is 10.4 Å². The molecule has 0 radical (unpaired) electrons. The summed E-state index contributed by atoms with van der Waals surface area (Å²) in [5.41, 5.74) is 0. The van der Waals surface area contributed by atoms with Crippen LogP contribution in [0.4, 0.5) is 13.2 Å². The molecule has 2 atom stereocenters. The van der Waals surface area contributed by atoms with Crippen LogP contribution in [0.5, 0.6) is 0 Å². The quantitative estimate of drug-likeness (QED) is 0.459. The number of aliphatic hydroxyl groups is 1. The molecule has 0 aromatic carbocycles. The standard InChI is InChI=1S/C4H4F3NO2/c5-4(6,7)2-1(9)3(10)8-2/h1-2,9H,(H,8,10)/t1-,2-/m1/s1. The Balaban J connectivity index is 2.56. The normalized spacial score (nSPS) is 33.0. The van der Waals surface area contributed by atoms with E-state index in [0.29, 0.717) is 0 Å². The monoisotopic (exact) mass is 155 g/mol. The number of nitrogens with one attached hydrogen (secondary N) is 1. The van der Waals surface area contributed by atoms with E-state index in [1.54, 1.807) is 0 Å². The van der Waals surface area contributed by atoms with E-state index in [9.17, 15) is 18.0 Å². The third-order valence-electron chi connectivity index (χ3n) is 1.23. The molecule has 0 saturated carbocycles. The first-order valence-corrected chi connectivity index (χ1v) is 2.48. The summed E-state index contributed by atoms with van der Waals surface area (Å²) in [5, 5.41) is 9.90. The Morgan fingerprint density at radius 3 is 2.10 bits per heavy atom. The predicted octanol–water partition coefficient (Wildman–Crippen LogP) is -0.592. The van der Waals surface area contributed by atoms with E-state index in [-0.39, 0.29) is 0 Å². The summed E-state index contributed by atoms with van der Waals surface area (Å²) in [7, 11) is 0. The number of carbonyl (C=O) groups excluding carboxylic acids is 1. The minimum atomic E-state index is -4.53. The van der Waals surface area contributed by atoms with Gasteiger partial charge in [0.1, 0.15) is 0 Å². The second-order valence-corrected chi connectivity index (χ2v) is 1.97. The number of rotatable bonds is 0. The Morgan fingerprint density at radius 2 is 2.00 bits per heavy atom. The Kier molecular flexibility index (Phi) is 1.36. The fraction of sp³-hybridized carbons (Fsp3) is 0.750. The van der Waals surface area contributed by atoms with Crippen molar-refractivity contribution in [2.75, 3.05) is 0 Å². The maximum atomic E-state index is 11.5. The van der Waals surface area contributed by atoms with Gasteiger partial charge in [-0.2, -0.15) is 13.2 Å². The molecule has 0 spiro atoms. The van der Waals surface area contributed by atoms with Crippen molar-refractivity contribution in [3.63, 3.8) is 0 Å². The van der Waals surface area contributed by atoms with Gasteiger partial charge in [-0.25, -0.2) is 0 Å². The van der Waals surface area contributed by atoms with E-state index in [1.807, 2.05) is 0 Å². The van der Waals surface area contributed by atoms with Crippen molar-refractivity contribution in [2.24, 2.45) is 0 Å². The van der Waals surface area contributed by atoms with Gasteiger partial charge in [0.15, 0.2) is 12.1 Å². The summed E-state index contributed by atoms with van der Waals surface area (Å²) in [6.45, 7) is 0. The Labute approximate surface area is 53.8 Å². The van der Waals surface area contributed by atoms with Crippen molar-refractivity contribution in [3.05, 3.63) is 0 Å². The van der Waals surface area contributed by atoms with Crippen LogP contribution in [0, 0.1) is 0 Å². The Morgan fingerprint density at radius 1 is 1.50 bits per heavy atom. The fourth-order valence-corrected chi connectivity index (χ4v) is 0.634. The zero-order valence-corrected chi connectivity index (χ0v) is 4.64. The molecule has 1 aliphatic heterocycles. The average molecular weight is 155 g/mol.